The third kappa shape index (κ3) is 5.26. The quantitative estimate of drug-likeness (QED) is 0.570. The number of alkyl halides is 2. The zero-order valence-electron chi connectivity index (χ0n) is 13.2. The van der Waals surface area contributed by atoms with E-state index in [1.807, 2.05) is 0 Å². The maximum Gasteiger partial charge on any atom is 0.355 e. The van der Waals surface area contributed by atoms with Crippen LogP contribution < -0.4 is 19.5 Å². The van der Waals surface area contributed by atoms with Crippen molar-refractivity contribution >= 4 is 25.7 Å². The van der Waals surface area contributed by atoms with Crippen LogP contribution in [0.15, 0.2) is 23.1 Å². The van der Waals surface area contributed by atoms with E-state index in [1.54, 1.807) is 18.7 Å². The van der Waals surface area contributed by atoms with Gasteiger partial charge in [0.25, 0.3) is 10.0 Å². The molecule has 0 fully saturated rings. The van der Waals surface area contributed by atoms with Crippen LogP contribution in [0.3, 0.4) is 0 Å². The molecule has 8 nitrogen and oxygen atoms in total. The lowest BCUT2D eigenvalue weighted by atomic mass is 10.3. The molecule has 0 heterocycles. The Morgan fingerprint density at radius 3 is 2.33 bits per heavy atom. The van der Waals surface area contributed by atoms with Crippen LogP contribution >= 0.6 is 0 Å². The molecule has 3 N–H and O–H groups in total. The lowest BCUT2D eigenvalue weighted by Crippen LogP contribution is -2.37. The minimum atomic E-state index is -5.04. The first-order chi connectivity index (χ1) is 11.0. The normalized spacial score (nSPS) is 13.8. The van der Waals surface area contributed by atoms with E-state index in [0.717, 1.165) is 12.1 Å². The zero-order valence-corrected chi connectivity index (χ0v) is 14.8. The fourth-order valence-corrected chi connectivity index (χ4v) is 3.46. The Hall–Kier alpha value is -1.50. The molecule has 0 aliphatic carbocycles. The number of sulfonamides is 2. The number of ether oxygens (including phenoxy) is 1. The van der Waals surface area contributed by atoms with Crippen molar-refractivity contribution in [2.24, 2.45) is 0 Å². The Balaban J connectivity index is 3.27. The lowest BCUT2D eigenvalue weighted by Gasteiger charge is -2.16. The summed E-state index contributed by atoms with van der Waals surface area (Å²) in [6, 6.07) is 3.15. The zero-order chi connectivity index (χ0) is 18.5. The lowest BCUT2D eigenvalue weighted by molar-refractivity contribution is 0.236. The Labute approximate surface area is 139 Å². The maximum atomic E-state index is 12.6. The van der Waals surface area contributed by atoms with E-state index in [9.17, 15) is 25.6 Å². The van der Waals surface area contributed by atoms with Crippen LogP contribution in [0.5, 0.6) is 5.75 Å². The first-order valence-corrected chi connectivity index (χ1v) is 9.71. The van der Waals surface area contributed by atoms with Gasteiger partial charge in [0.2, 0.25) is 10.0 Å². The van der Waals surface area contributed by atoms with Crippen LogP contribution in [0.25, 0.3) is 0 Å². The summed E-state index contributed by atoms with van der Waals surface area (Å²) in [4.78, 5) is -0.490. The van der Waals surface area contributed by atoms with E-state index in [4.69, 9.17) is 4.74 Å². The number of anilines is 1. The van der Waals surface area contributed by atoms with Gasteiger partial charge in [-0.15, -0.1) is 0 Å². The highest BCUT2D eigenvalue weighted by Gasteiger charge is 2.28. The highest BCUT2D eigenvalue weighted by molar-refractivity contribution is 7.93. The number of rotatable bonds is 9. The molecule has 12 heteroatoms. The van der Waals surface area contributed by atoms with E-state index < -0.39 is 36.4 Å². The summed E-state index contributed by atoms with van der Waals surface area (Å²) in [7, 11) is -6.28. The van der Waals surface area contributed by atoms with Gasteiger partial charge in [0.15, 0.2) is 0 Å². The SMILES string of the molecule is CNC(C)CNS(=O)(=O)c1ccc(OC)cc1NS(=O)(=O)C(F)F. The molecule has 1 aromatic carbocycles. The highest BCUT2D eigenvalue weighted by atomic mass is 32.2. The molecule has 0 radical (unpaired) electrons. The third-order valence-electron chi connectivity index (χ3n) is 3.04. The molecule has 0 spiro atoms. The fraction of sp³-hybridized carbons (Fsp3) is 0.500. The summed E-state index contributed by atoms with van der Waals surface area (Å²) in [5.41, 5.74) is -0.528. The van der Waals surface area contributed by atoms with Gasteiger partial charge in [-0.25, -0.2) is 21.6 Å². The third-order valence-corrected chi connectivity index (χ3v) is 5.49. The summed E-state index contributed by atoms with van der Waals surface area (Å²) in [5, 5.41) is 2.82. The van der Waals surface area contributed by atoms with E-state index >= 15 is 0 Å². The second-order valence-electron chi connectivity index (χ2n) is 4.81. The van der Waals surface area contributed by atoms with Gasteiger partial charge >= 0.3 is 5.76 Å². The molecule has 1 atom stereocenters. The van der Waals surface area contributed by atoms with E-state index in [1.165, 1.54) is 13.2 Å². The predicted octanol–water partition coefficient (Wildman–Crippen LogP) is 0.546. The van der Waals surface area contributed by atoms with Gasteiger partial charge in [-0.3, -0.25) is 4.72 Å². The van der Waals surface area contributed by atoms with Crippen molar-refractivity contribution < 1.29 is 30.4 Å². The van der Waals surface area contributed by atoms with E-state index in [0.29, 0.717) is 0 Å². The topological polar surface area (TPSA) is 114 Å². The standard InChI is InChI=1S/C12H19F2N3O5S2/c1-8(15-2)7-16-23(18,19)11-5-4-9(22-3)6-10(11)17-24(20,21)12(13)14/h4-6,8,12,15-17H,7H2,1-3H3. The maximum absolute atomic E-state index is 12.6. The number of hydrogen-bond acceptors (Lipinski definition) is 6. The molecule has 138 valence electrons. The van der Waals surface area contributed by atoms with Gasteiger partial charge < -0.3 is 10.1 Å². The largest absolute Gasteiger partial charge is 0.497 e. The molecule has 0 aromatic heterocycles. The van der Waals surface area contributed by atoms with Crippen LogP contribution in [0, 0.1) is 0 Å². The summed E-state index contributed by atoms with van der Waals surface area (Å²) in [6.07, 6.45) is 0. The van der Waals surface area contributed by atoms with Gasteiger partial charge in [-0.1, -0.05) is 0 Å². The second kappa shape index (κ2) is 8.05. The predicted molar refractivity (Wildman–Crippen MR) is 85.3 cm³/mol. The average Bonchev–Trinajstić information content (AvgIpc) is 2.51. The van der Waals surface area contributed by atoms with Crippen molar-refractivity contribution in [1.82, 2.24) is 10.0 Å². The van der Waals surface area contributed by atoms with Crippen molar-refractivity contribution in [3.05, 3.63) is 18.2 Å². The number of likely N-dealkylation sites (N-methyl/N-ethyl adjacent to an activating group) is 1. The molecule has 0 aliphatic rings. The first kappa shape index (κ1) is 20.5. The second-order valence-corrected chi connectivity index (χ2v) is 8.20. The number of benzene rings is 1. The number of methoxy groups -OCH3 is 1. The minimum absolute atomic E-state index is 0.0197. The van der Waals surface area contributed by atoms with E-state index in [2.05, 4.69) is 10.0 Å². The Morgan fingerprint density at radius 2 is 1.83 bits per heavy atom. The van der Waals surface area contributed by atoms with Gasteiger partial charge in [-0.2, -0.15) is 8.78 Å². The van der Waals surface area contributed by atoms with Crippen LogP contribution in [0.1, 0.15) is 6.92 Å². The molecule has 1 rings (SSSR count). The Bertz CT molecular complexity index is 769. The van der Waals surface area contributed by atoms with Crippen LogP contribution in [0.2, 0.25) is 0 Å². The van der Waals surface area contributed by atoms with Crippen LogP contribution in [-0.2, 0) is 20.0 Å². The Kier molecular flexibility index (Phi) is 6.89. The molecular weight excluding hydrogens is 368 g/mol. The van der Waals surface area contributed by atoms with Gasteiger partial charge in [-0.05, 0) is 26.1 Å². The fourth-order valence-electron chi connectivity index (χ4n) is 1.56. The molecule has 0 amide bonds. The van der Waals surface area contributed by atoms with Crippen molar-refractivity contribution in [3.8, 4) is 5.75 Å². The molecule has 0 saturated heterocycles. The Morgan fingerprint density at radius 1 is 1.21 bits per heavy atom. The molecule has 0 saturated carbocycles. The monoisotopic (exact) mass is 387 g/mol. The number of hydrogen-bond donors (Lipinski definition) is 3. The summed E-state index contributed by atoms with van der Waals surface area (Å²) >= 11 is 0. The van der Waals surface area contributed by atoms with E-state index in [-0.39, 0.29) is 18.3 Å². The van der Waals surface area contributed by atoms with Crippen molar-refractivity contribution in [3.63, 3.8) is 0 Å². The average molecular weight is 387 g/mol. The first-order valence-electron chi connectivity index (χ1n) is 6.68. The molecule has 0 bridgehead atoms. The van der Waals surface area contributed by atoms with Crippen LogP contribution in [0.4, 0.5) is 14.5 Å². The van der Waals surface area contributed by atoms with Crippen molar-refractivity contribution in [2.75, 3.05) is 25.4 Å². The molecule has 1 aromatic rings. The molecular formula is C12H19F2N3O5S2. The van der Waals surface area contributed by atoms with Gasteiger partial charge in [0.1, 0.15) is 10.6 Å². The molecule has 24 heavy (non-hydrogen) atoms. The molecule has 0 aliphatic heterocycles. The van der Waals surface area contributed by atoms with Crippen molar-refractivity contribution in [1.29, 1.82) is 0 Å². The van der Waals surface area contributed by atoms with Crippen molar-refractivity contribution in [2.45, 2.75) is 23.6 Å². The smallest absolute Gasteiger partial charge is 0.355 e. The summed E-state index contributed by atoms with van der Waals surface area (Å²) in [6.45, 7) is 1.74. The summed E-state index contributed by atoms with van der Waals surface area (Å²) in [5.74, 6) is -3.61. The molecule has 1 unspecified atom stereocenters. The highest BCUT2D eigenvalue weighted by Crippen LogP contribution is 2.28. The van der Waals surface area contributed by atoms with Crippen LogP contribution in [-0.4, -0.2) is 49.3 Å². The van der Waals surface area contributed by atoms with Gasteiger partial charge in [0, 0.05) is 18.7 Å². The van der Waals surface area contributed by atoms with Gasteiger partial charge in [0.05, 0.1) is 12.8 Å². The minimum Gasteiger partial charge on any atom is -0.497 e. The summed E-state index contributed by atoms with van der Waals surface area (Å²) < 4.78 is 81.2. The number of nitrogens with one attached hydrogen (secondary N) is 3. The number of halogens is 2.